The highest BCUT2D eigenvalue weighted by molar-refractivity contribution is 5.43. The molecule has 0 heterocycles. The molecule has 0 amide bonds. The summed E-state index contributed by atoms with van der Waals surface area (Å²) in [6, 6.07) is 7.01. The second kappa shape index (κ2) is 5.14. The van der Waals surface area contributed by atoms with Crippen molar-refractivity contribution in [2.24, 2.45) is 5.92 Å². The molecule has 2 unspecified atom stereocenters. The number of hydrogen-bond donors (Lipinski definition) is 0. The molecular formula is C18H24. The molecule has 0 radical (unpaired) electrons. The number of rotatable bonds is 3. The van der Waals surface area contributed by atoms with Gasteiger partial charge in [0.2, 0.25) is 0 Å². The summed E-state index contributed by atoms with van der Waals surface area (Å²) in [5, 5.41) is 0. The fourth-order valence-corrected chi connectivity index (χ4v) is 2.83. The van der Waals surface area contributed by atoms with Crippen LogP contribution in [0.15, 0.2) is 42.5 Å². The lowest BCUT2D eigenvalue weighted by Crippen LogP contribution is -2.29. The van der Waals surface area contributed by atoms with Gasteiger partial charge in [0.05, 0.1) is 0 Å². The van der Waals surface area contributed by atoms with E-state index < -0.39 is 0 Å². The van der Waals surface area contributed by atoms with Gasteiger partial charge in [-0.3, -0.25) is 0 Å². The highest BCUT2D eigenvalue weighted by Gasteiger charge is 2.31. The SMILES string of the molecule is CCc1ccc(CC)c(C2(C)C=CC=CC2C)c1. The molecule has 0 saturated carbocycles. The van der Waals surface area contributed by atoms with Gasteiger partial charge in [0, 0.05) is 5.41 Å². The standard InChI is InChI=1S/C18H24/c1-5-15-10-11-16(6-2)17(13-15)18(4)12-8-7-9-14(18)3/h7-14H,5-6H2,1-4H3. The van der Waals surface area contributed by atoms with E-state index in [1.54, 1.807) is 0 Å². The van der Waals surface area contributed by atoms with Crippen molar-refractivity contribution in [3.05, 3.63) is 59.2 Å². The highest BCUT2D eigenvalue weighted by Crippen LogP contribution is 2.39. The Morgan fingerprint density at radius 2 is 1.89 bits per heavy atom. The van der Waals surface area contributed by atoms with Crippen LogP contribution in [0.4, 0.5) is 0 Å². The summed E-state index contributed by atoms with van der Waals surface area (Å²) in [5.74, 6) is 0.555. The lowest BCUT2D eigenvalue weighted by Gasteiger charge is -2.35. The Kier molecular flexibility index (Phi) is 3.75. The molecule has 2 atom stereocenters. The topological polar surface area (TPSA) is 0 Å². The van der Waals surface area contributed by atoms with E-state index in [9.17, 15) is 0 Å². The van der Waals surface area contributed by atoms with Gasteiger partial charge in [-0.05, 0) is 35.4 Å². The third kappa shape index (κ3) is 2.16. The van der Waals surface area contributed by atoms with E-state index in [1.807, 2.05) is 0 Å². The Balaban J connectivity index is 2.54. The molecular weight excluding hydrogens is 216 g/mol. The van der Waals surface area contributed by atoms with Crippen molar-refractivity contribution < 1.29 is 0 Å². The van der Waals surface area contributed by atoms with Gasteiger partial charge < -0.3 is 0 Å². The van der Waals surface area contributed by atoms with Crippen LogP contribution in [0.25, 0.3) is 0 Å². The van der Waals surface area contributed by atoms with Crippen LogP contribution in [0.2, 0.25) is 0 Å². The summed E-state index contributed by atoms with van der Waals surface area (Å²) in [6.45, 7) is 9.16. The summed E-state index contributed by atoms with van der Waals surface area (Å²) >= 11 is 0. The molecule has 0 spiro atoms. The van der Waals surface area contributed by atoms with Gasteiger partial charge in [0.25, 0.3) is 0 Å². The van der Waals surface area contributed by atoms with Crippen molar-refractivity contribution in [1.82, 2.24) is 0 Å². The second-order valence-corrected chi connectivity index (χ2v) is 5.51. The maximum atomic E-state index is 2.42. The molecule has 0 nitrogen and oxygen atoms in total. The molecule has 0 aromatic heterocycles. The average molecular weight is 240 g/mol. The van der Waals surface area contributed by atoms with E-state index >= 15 is 0 Å². The first-order chi connectivity index (χ1) is 8.61. The normalized spacial score (nSPS) is 26.6. The Labute approximate surface area is 111 Å². The zero-order chi connectivity index (χ0) is 13.2. The van der Waals surface area contributed by atoms with Crippen molar-refractivity contribution in [2.45, 2.75) is 46.0 Å². The van der Waals surface area contributed by atoms with Gasteiger partial charge in [0.15, 0.2) is 0 Å². The molecule has 18 heavy (non-hydrogen) atoms. The summed E-state index contributed by atoms with van der Waals surface area (Å²) in [5.41, 5.74) is 4.59. The Morgan fingerprint density at radius 1 is 1.11 bits per heavy atom. The highest BCUT2D eigenvalue weighted by atomic mass is 14.3. The minimum absolute atomic E-state index is 0.144. The Bertz CT molecular complexity index is 479. The van der Waals surface area contributed by atoms with Crippen LogP contribution in [-0.4, -0.2) is 0 Å². The van der Waals surface area contributed by atoms with Crippen molar-refractivity contribution >= 4 is 0 Å². The van der Waals surface area contributed by atoms with Gasteiger partial charge in [-0.15, -0.1) is 0 Å². The molecule has 0 bridgehead atoms. The Hall–Kier alpha value is -1.30. The molecule has 0 N–H and O–H groups in total. The number of hydrogen-bond acceptors (Lipinski definition) is 0. The van der Waals surface area contributed by atoms with E-state index in [1.165, 1.54) is 16.7 Å². The van der Waals surface area contributed by atoms with Crippen LogP contribution in [-0.2, 0) is 18.3 Å². The zero-order valence-electron chi connectivity index (χ0n) is 12.0. The van der Waals surface area contributed by atoms with Crippen LogP contribution in [0.5, 0.6) is 0 Å². The van der Waals surface area contributed by atoms with E-state index in [2.05, 4.69) is 70.2 Å². The first kappa shape index (κ1) is 13.1. The molecule has 1 aromatic carbocycles. The molecule has 0 heteroatoms. The van der Waals surface area contributed by atoms with Crippen molar-refractivity contribution in [1.29, 1.82) is 0 Å². The fraction of sp³-hybridized carbons (Fsp3) is 0.444. The molecule has 0 fully saturated rings. The van der Waals surface area contributed by atoms with Gasteiger partial charge in [-0.2, -0.15) is 0 Å². The zero-order valence-corrected chi connectivity index (χ0v) is 12.0. The third-order valence-corrected chi connectivity index (χ3v) is 4.44. The fourth-order valence-electron chi connectivity index (χ4n) is 2.83. The van der Waals surface area contributed by atoms with Crippen LogP contribution >= 0.6 is 0 Å². The van der Waals surface area contributed by atoms with Crippen molar-refractivity contribution in [2.75, 3.05) is 0 Å². The minimum Gasteiger partial charge on any atom is -0.0805 e. The largest absolute Gasteiger partial charge is 0.0805 e. The molecule has 1 aliphatic carbocycles. The summed E-state index contributed by atoms with van der Waals surface area (Å²) in [4.78, 5) is 0. The van der Waals surface area contributed by atoms with Gasteiger partial charge in [0.1, 0.15) is 0 Å². The van der Waals surface area contributed by atoms with E-state index in [0.717, 1.165) is 12.8 Å². The monoisotopic (exact) mass is 240 g/mol. The number of aryl methyl sites for hydroxylation is 2. The molecule has 1 aliphatic rings. The maximum absolute atomic E-state index is 2.42. The van der Waals surface area contributed by atoms with E-state index in [0.29, 0.717) is 5.92 Å². The van der Waals surface area contributed by atoms with E-state index in [4.69, 9.17) is 0 Å². The number of benzene rings is 1. The minimum atomic E-state index is 0.144. The van der Waals surface area contributed by atoms with E-state index in [-0.39, 0.29) is 5.41 Å². The van der Waals surface area contributed by atoms with Crippen molar-refractivity contribution in [3.8, 4) is 0 Å². The molecule has 0 aliphatic heterocycles. The maximum Gasteiger partial charge on any atom is 0.0170 e. The van der Waals surface area contributed by atoms with Crippen molar-refractivity contribution in [3.63, 3.8) is 0 Å². The number of allylic oxidation sites excluding steroid dienone is 4. The van der Waals surface area contributed by atoms with Crippen LogP contribution in [0, 0.1) is 5.92 Å². The third-order valence-electron chi connectivity index (χ3n) is 4.44. The smallest absolute Gasteiger partial charge is 0.0170 e. The summed E-state index contributed by atoms with van der Waals surface area (Å²) in [7, 11) is 0. The second-order valence-electron chi connectivity index (χ2n) is 5.51. The predicted octanol–water partition coefficient (Wildman–Crippen LogP) is 4.83. The van der Waals surface area contributed by atoms with Gasteiger partial charge in [-0.1, -0.05) is 70.2 Å². The molecule has 0 saturated heterocycles. The lowest BCUT2D eigenvalue weighted by molar-refractivity contribution is 0.454. The summed E-state index contributed by atoms with van der Waals surface area (Å²) < 4.78 is 0. The molecule has 1 aromatic rings. The quantitative estimate of drug-likeness (QED) is 0.709. The van der Waals surface area contributed by atoms with Crippen LogP contribution in [0.1, 0.15) is 44.4 Å². The lowest BCUT2D eigenvalue weighted by atomic mass is 9.68. The average Bonchev–Trinajstić information content (AvgIpc) is 2.41. The first-order valence-corrected chi connectivity index (χ1v) is 7.10. The van der Waals surface area contributed by atoms with Gasteiger partial charge in [-0.25, -0.2) is 0 Å². The van der Waals surface area contributed by atoms with Crippen LogP contribution < -0.4 is 0 Å². The Morgan fingerprint density at radius 3 is 2.50 bits per heavy atom. The van der Waals surface area contributed by atoms with Gasteiger partial charge >= 0.3 is 0 Å². The predicted molar refractivity (Wildman–Crippen MR) is 80.0 cm³/mol. The molecule has 2 rings (SSSR count). The summed E-state index contributed by atoms with van der Waals surface area (Å²) in [6.07, 6.45) is 11.3. The first-order valence-electron chi connectivity index (χ1n) is 7.10. The van der Waals surface area contributed by atoms with Crippen LogP contribution in [0.3, 0.4) is 0 Å². The molecule has 96 valence electrons.